The second-order valence-electron chi connectivity index (χ2n) is 3.43. The summed E-state index contributed by atoms with van der Waals surface area (Å²) < 4.78 is 0. The van der Waals surface area contributed by atoms with Crippen LogP contribution in [0.15, 0.2) is 47.5 Å². The minimum Gasteiger partial charge on any atom is -0.288 e. The summed E-state index contributed by atoms with van der Waals surface area (Å²) in [6.45, 7) is 0. The molecule has 0 N–H and O–H groups in total. The topological polar surface area (TPSA) is 55.7 Å². The molecule has 2 aromatic heterocycles. The number of nitrogens with zero attached hydrogens (tertiary/aromatic N) is 3. The smallest absolute Gasteiger partial charge is 0.197 e. The highest BCUT2D eigenvalue weighted by atomic mass is 16.1. The average molecular weight is 209 g/mol. The van der Waals surface area contributed by atoms with Crippen molar-refractivity contribution in [2.45, 2.75) is 0 Å². The summed E-state index contributed by atoms with van der Waals surface area (Å²) in [5.74, 6) is 0. The van der Waals surface area contributed by atoms with Gasteiger partial charge in [0.2, 0.25) is 0 Å². The molecule has 3 aromatic rings. The van der Waals surface area contributed by atoms with E-state index in [0.717, 1.165) is 0 Å². The van der Waals surface area contributed by atoms with Crippen LogP contribution in [-0.2, 0) is 0 Å². The van der Waals surface area contributed by atoms with Crippen LogP contribution in [0.1, 0.15) is 0 Å². The Kier molecular flexibility index (Phi) is 1.86. The van der Waals surface area contributed by atoms with Gasteiger partial charge < -0.3 is 0 Å². The van der Waals surface area contributed by atoms with E-state index in [9.17, 15) is 4.79 Å². The Balaban J connectivity index is 2.69. The first-order chi connectivity index (χ1) is 7.86. The van der Waals surface area contributed by atoms with Crippen molar-refractivity contribution in [3.63, 3.8) is 0 Å². The largest absolute Gasteiger partial charge is 0.288 e. The van der Waals surface area contributed by atoms with Crippen LogP contribution < -0.4 is 5.43 Å². The predicted octanol–water partition coefficient (Wildman–Crippen LogP) is 1.54. The zero-order valence-corrected chi connectivity index (χ0v) is 8.29. The molecule has 3 rings (SSSR count). The van der Waals surface area contributed by atoms with Gasteiger partial charge in [-0.1, -0.05) is 0 Å². The quantitative estimate of drug-likeness (QED) is 0.563. The van der Waals surface area contributed by atoms with Gasteiger partial charge in [-0.05, 0) is 30.3 Å². The number of hydrogen-bond donors (Lipinski definition) is 0. The molecule has 76 valence electrons. The molecule has 0 amide bonds. The zero-order chi connectivity index (χ0) is 11.0. The summed E-state index contributed by atoms with van der Waals surface area (Å²) in [6, 6.07) is 8.75. The van der Waals surface area contributed by atoms with E-state index >= 15 is 0 Å². The highest BCUT2D eigenvalue weighted by molar-refractivity contribution is 5.89. The fraction of sp³-hybridized carbons (Fsp3) is 0. The lowest BCUT2D eigenvalue weighted by atomic mass is 10.2. The van der Waals surface area contributed by atoms with Crippen molar-refractivity contribution in [2.24, 2.45) is 0 Å². The number of pyridine rings is 1. The van der Waals surface area contributed by atoms with Gasteiger partial charge in [-0.15, -0.1) is 0 Å². The fourth-order valence-corrected chi connectivity index (χ4v) is 1.70. The Labute approximate surface area is 90.6 Å². The third kappa shape index (κ3) is 1.24. The van der Waals surface area contributed by atoms with Gasteiger partial charge in [0.15, 0.2) is 5.43 Å². The van der Waals surface area contributed by atoms with Crippen molar-refractivity contribution in [1.29, 1.82) is 0 Å². The van der Waals surface area contributed by atoms with Gasteiger partial charge in [-0.3, -0.25) is 9.78 Å². The third-order valence-corrected chi connectivity index (χ3v) is 2.48. The van der Waals surface area contributed by atoms with E-state index in [-0.39, 0.29) is 5.43 Å². The van der Waals surface area contributed by atoms with Crippen LogP contribution in [0, 0.1) is 0 Å². The number of hydrogen-bond acceptors (Lipinski definition) is 4. The minimum atomic E-state index is -0.0574. The van der Waals surface area contributed by atoms with Gasteiger partial charge in [0.25, 0.3) is 0 Å². The Bertz CT molecular complexity index is 678. The van der Waals surface area contributed by atoms with Crippen molar-refractivity contribution in [1.82, 2.24) is 15.2 Å². The van der Waals surface area contributed by atoms with Crippen molar-refractivity contribution >= 4 is 21.8 Å². The van der Waals surface area contributed by atoms with Crippen LogP contribution in [0.3, 0.4) is 0 Å². The third-order valence-electron chi connectivity index (χ3n) is 2.48. The second kappa shape index (κ2) is 3.34. The predicted molar refractivity (Wildman–Crippen MR) is 61.1 cm³/mol. The van der Waals surface area contributed by atoms with Gasteiger partial charge in [0, 0.05) is 11.6 Å². The molecular weight excluding hydrogens is 202 g/mol. The van der Waals surface area contributed by atoms with Crippen molar-refractivity contribution < 1.29 is 0 Å². The Morgan fingerprint density at radius 1 is 0.875 bits per heavy atom. The molecule has 0 unspecified atom stereocenters. The SMILES string of the molecule is O=c1c2cccnc2ccc2nnccc12. The molecule has 16 heavy (non-hydrogen) atoms. The lowest BCUT2D eigenvalue weighted by Gasteiger charge is -1.88. The van der Waals surface area contributed by atoms with Gasteiger partial charge >= 0.3 is 0 Å². The zero-order valence-electron chi connectivity index (χ0n) is 8.29. The lowest BCUT2D eigenvalue weighted by Crippen LogP contribution is -1.99. The molecule has 0 radical (unpaired) electrons. The number of fused-ring (bicyclic) bond motifs is 2. The summed E-state index contributed by atoms with van der Waals surface area (Å²) in [7, 11) is 0. The van der Waals surface area contributed by atoms with E-state index in [2.05, 4.69) is 15.2 Å². The van der Waals surface area contributed by atoms with E-state index in [1.165, 1.54) is 6.20 Å². The first-order valence-electron chi connectivity index (χ1n) is 4.86. The van der Waals surface area contributed by atoms with Crippen molar-refractivity contribution in [2.75, 3.05) is 0 Å². The van der Waals surface area contributed by atoms with Crippen LogP contribution in [0.4, 0.5) is 0 Å². The van der Waals surface area contributed by atoms with E-state index < -0.39 is 0 Å². The standard InChI is InChI=1S/C12H7N3O/c16-12-8-2-1-6-13-10(8)3-4-11-9(12)5-7-14-15-11/h1-7H. The molecular formula is C12H7N3O. The molecule has 0 spiro atoms. The van der Waals surface area contributed by atoms with Crippen LogP contribution in [0.2, 0.25) is 0 Å². The maximum absolute atomic E-state index is 12.2. The molecule has 0 aliphatic rings. The molecule has 2 heterocycles. The molecule has 1 aromatic carbocycles. The van der Waals surface area contributed by atoms with Crippen molar-refractivity contribution in [3.05, 3.63) is 52.9 Å². The molecule has 0 saturated carbocycles. The summed E-state index contributed by atoms with van der Waals surface area (Å²) in [5, 5.41) is 8.86. The molecule has 0 saturated heterocycles. The van der Waals surface area contributed by atoms with Gasteiger partial charge in [-0.2, -0.15) is 10.2 Å². The van der Waals surface area contributed by atoms with E-state index in [0.29, 0.717) is 21.8 Å². The molecule has 0 bridgehead atoms. The summed E-state index contributed by atoms with van der Waals surface area (Å²) in [4.78, 5) is 16.3. The minimum absolute atomic E-state index is 0.0574. The molecule has 0 aliphatic heterocycles. The molecule has 0 atom stereocenters. The maximum Gasteiger partial charge on any atom is 0.197 e. The number of rotatable bonds is 0. The average Bonchev–Trinajstić information content (AvgIpc) is 2.49. The van der Waals surface area contributed by atoms with Gasteiger partial charge in [0.05, 0.1) is 22.6 Å². The molecule has 4 nitrogen and oxygen atoms in total. The number of aromatic nitrogens is 3. The van der Waals surface area contributed by atoms with Crippen LogP contribution in [-0.4, -0.2) is 15.2 Å². The summed E-state index contributed by atoms with van der Waals surface area (Å²) >= 11 is 0. The monoisotopic (exact) mass is 209 g/mol. The Morgan fingerprint density at radius 3 is 2.62 bits per heavy atom. The Hall–Kier alpha value is -2.36. The highest BCUT2D eigenvalue weighted by Gasteiger charge is 2.02. The molecule has 0 fully saturated rings. The first-order valence-corrected chi connectivity index (χ1v) is 4.86. The Morgan fingerprint density at radius 2 is 1.69 bits per heavy atom. The summed E-state index contributed by atoms with van der Waals surface area (Å²) in [6.07, 6.45) is 3.18. The van der Waals surface area contributed by atoms with Crippen LogP contribution in [0.5, 0.6) is 0 Å². The van der Waals surface area contributed by atoms with Gasteiger partial charge in [0.1, 0.15) is 0 Å². The van der Waals surface area contributed by atoms with Crippen LogP contribution >= 0.6 is 0 Å². The van der Waals surface area contributed by atoms with E-state index in [4.69, 9.17) is 0 Å². The fourth-order valence-electron chi connectivity index (χ4n) is 1.70. The molecule has 0 aliphatic carbocycles. The normalized spacial score (nSPS) is 10.8. The van der Waals surface area contributed by atoms with Crippen molar-refractivity contribution in [3.8, 4) is 0 Å². The molecule has 4 heteroatoms. The lowest BCUT2D eigenvalue weighted by molar-refractivity contribution is 1.08. The highest BCUT2D eigenvalue weighted by Crippen LogP contribution is 2.10. The second-order valence-corrected chi connectivity index (χ2v) is 3.43. The first kappa shape index (κ1) is 8.91. The van der Waals surface area contributed by atoms with Crippen LogP contribution in [0.25, 0.3) is 21.8 Å². The maximum atomic E-state index is 12.2. The van der Waals surface area contributed by atoms with Gasteiger partial charge in [-0.25, -0.2) is 0 Å². The van der Waals surface area contributed by atoms with E-state index in [1.54, 1.807) is 36.5 Å². The van der Waals surface area contributed by atoms with E-state index in [1.807, 2.05) is 0 Å². The summed E-state index contributed by atoms with van der Waals surface area (Å²) in [5.41, 5.74) is 1.20.